The van der Waals surface area contributed by atoms with Crippen molar-refractivity contribution in [1.29, 1.82) is 5.26 Å². The number of thiazole rings is 1. The quantitative estimate of drug-likeness (QED) is 0.713. The number of carbonyl (C=O) groups is 1. The molecule has 0 amide bonds. The van der Waals surface area contributed by atoms with Crippen molar-refractivity contribution in [3.63, 3.8) is 0 Å². The first-order valence-corrected chi connectivity index (χ1v) is 7.93. The highest BCUT2D eigenvalue weighted by Crippen LogP contribution is 2.27. The molecule has 0 atom stereocenters. The van der Waals surface area contributed by atoms with Gasteiger partial charge in [0, 0.05) is 5.69 Å². The van der Waals surface area contributed by atoms with Crippen LogP contribution in [0.1, 0.15) is 20.8 Å². The van der Waals surface area contributed by atoms with Crippen LogP contribution in [0.3, 0.4) is 0 Å². The largest absolute Gasteiger partial charge is 0.496 e. The Morgan fingerprint density at radius 1 is 1.25 bits per heavy atom. The molecule has 1 heterocycles. The molecule has 6 heteroatoms. The SMILES string of the molecule is COc1ccccc1C(=O)c1cnc(Nc2cccc(C#N)c2)s1. The van der Waals surface area contributed by atoms with Crippen LogP contribution in [0.5, 0.6) is 5.75 Å². The Balaban J connectivity index is 1.82. The van der Waals surface area contributed by atoms with Gasteiger partial charge in [-0.1, -0.05) is 29.5 Å². The molecule has 0 aliphatic carbocycles. The Morgan fingerprint density at radius 3 is 2.88 bits per heavy atom. The number of rotatable bonds is 5. The molecule has 0 unspecified atom stereocenters. The van der Waals surface area contributed by atoms with Gasteiger partial charge in [-0.05, 0) is 30.3 Å². The number of benzene rings is 2. The number of anilines is 2. The molecule has 0 fully saturated rings. The lowest BCUT2D eigenvalue weighted by Gasteiger charge is -2.05. The molecule has 5 nitrogen and oxygen atoms in total. The third-order valence-electron chi connectivity index (χ3n) is 3.32. The summed E-state index contributed by atoms with van der Waals surface area (Å²) in [6, 6.07) is 16.3. The second-order valence-corrected chi connectivity index (χ2v) is 5.91. The van der Waals surface area contributed by atoms with E-state index >= 15 is 0 Å². The average Bonchev–Trinajstić information content (AvgIpc) is 3.09. The van der Waals surface area contributed by atoms with Gasteiger partial charge in [-0.25, -0.2) is 4.98 Å². The molecule has 24 heavy (non-hydrogen) atoms. The summed E-state index contributed by atoms with van der Waals surface area (Å²) in [5.74, 6) is 0.399. The molecule has 0 saturated carbocycles. The summed E-state index contributed by atoms with van der Waals surface area (Å²) < 4.78 is 5.23. The number of ketones is 1. The van der Waals surface area contributed by atoms with Gasteiger partial charge in [0.1, 0.15) is 5.75 Å². The number of hydrogen-bond donors (Lipinski definition) is 1. The first-order chi connectivity index (χ1) is 11.7. The lowest BCUT2D eigenvalue weighted by atomic mass is 10.1. The van der Waals surface area contributed by atoms with Crippen LogP contribution in [0.4, 0.5) is 10.8 Å². The number of ether oxygens (including phenoxy) is 1. The van der Waals surface area contributed by atoms with E-state index in [0.29, 0.717) is 26.9 Å². The van der Waals surface area contributed by atoms with Crippen molar-refractivity contribution in [3.05, 3.63) is 70.7 Å². The lowest BCUT2D eigenvalue weighted by Crippen LogP contribution is -2.01. The number of para-hydroxylation sites is 1. The second kappa shape index (κ2) is 6.94. The highest BCUT2D eigenvalue weighted by molar-refractivity contribution is 7.17. The molecular formula is C18H13N3O2S. The maximum Gasteiger partial charge on any atom is 0.208 e. The number of hydrogen-bond acceptors (Lipinski definition) is 6. The van der Waals surface area contributed by atoms with E-state index in [1.54, 1.807) is 36.4 Å². The van der Waals surface area contributed by atoms with Gasteiger partial charge >= 0.3 is 0 Å². The summed E-state index contributed by atoms with van der Waals surface area (Å²) >= 11 is 1.25. The van der Waals surface area contributed by atoms with Crippen molar-refractivity contribution in [2.75, 3.05) is 12.4 Å². The maximum absolute atomic E-state index is 12.6. The molecule has 0 radical (unpaired) electrons. The van der Waals surface area contributed by atoms with Crippen molar-refractivity contribution in [1.82, 2.24) is 4.98 Å². The van der Waals surface area contributed by atoms with E-state index in [2.05, 4.69) is 16.4 Å². The highest BCUT2D eigenvalue weighted by Gasteiger charge is 2.17. The van der Waals surface area contributed by atoms with Crippen LogP contribution in [0.25, 0.3) is 0 Å². The van der Waals surface area contributed by atoms with Crippen LogP contribution in [0.15, 0.2) is 54.7 Å². The molecule has 1 aromatic heterocycles. The first kappa shape index (κ1) is 15.7. The Kier molecular flexibility index (Phi) is 4.54. The Bertz CT molecular complexity index is 928. The molecule has 0 bridgehead atoms. The minimum atomic E-state index is -0.135. The fourth-order valence-corrected chi connectivity index (χ4v) is 2.98. The molecule has 0 spiro atoms. The van der Waals surface area contributed by atoms with E-state index < -0.39 is 0 Å². The molecule has 3 aromatic rings. The normalized spacial score (nSPS) is 10.0. The Labute approximate surface area is 143 Å². The van der Waals surface area contributed by atoms with Gasteiger partial charge < -0.3 is 10.1 Å². The van der Waals surface area contributed by atoms with Gasteiger partial charge in [0.15, 0.2) is 5.13 Å². The standard InChI is InChI=1S/C18H13N3O2S/c1-23-15-8-3-2-7-14(15)17(22)16-11-20-18(24-16)21-13-6-4-5-12(9-13)10-19/h2-9,11H,1H3,(H,20,21). The smallest absolute Gasteiger partial charge is 0.208 e. The zero-order valence-corrected chi connectivity index (χ0v) is 13.6. The van der Waals surface area contributed by atoms with Gasteiger partial charge in [-0.3, -0.25) is 4.79 Å². The van der Waals surface area contributed by atoms with Crippen molar-refractivity contribution >= 4 is 27.9 Å². The van der Waals surface area contributed by atoms with Crippen LogP contribution >= 0.6 is 11.3 Å². The molecule has 0 saturated heterocycles. The van der Waals surface area contributed by atoms with Crippen LogP contribution in [0.2, 0.25) is 0 Å². The first-order valence-electron chi connectivity index (χ1n) is 7.12. The fraction of sp³-hybridized carbons (Fsp3) is 0.0556. The van der Waals surface area contributed by atoms with Gasteiger partial charge in [0.25, 0.3) is 0 Å². The number of aromatic nitrogens is 1. The molecular weight excluding hydrogens is 322 g/mol. The molecule has 2 aromatic carbocycles. The van der Waals surface area contributed by atoms with Crippen molar-refractivity contribution < 1.29 is 9.53 Å². The summed E-state index contributed by atoms with van der Waals surface area (Å²) in [5, 5.41) is 12.6. The average molecular weight is 335 g/mol. The fourth-order valence-electron chi connectivity index (χ4n) is 2.19. The topological polar surface area (TPSA) is 75.0 Å². The van der Waals surface area contributed by atoms with E-state index in [0.717, 1.165) is 5.69 Å². The summed E-state index contributed by atoms with van der Waals surface area (Å²) in [6.45, 7) is 0. The molecule has 0 aliphatic rings. The summed E-state index contributed by atoms with van der Waals surface area (Å²) in [4.78, 5) is 17.4. The maximum atomic E-state index is 12.6. The summed E-state index contributed by atoms with van der Waals surface area (Å²) in [6.07, 6.45) is 1.54. The second-order valence-electron chi connectivity index (χ2n) is 4.88. The predicted molar refractivity (Wildman–Crippen MR) is 93.0 cm³/mol. The van der Waals surface area contributed by atoms with Crippen molar-refractivity contribution in [3.8, 4) is 11.8 Å². The minimum Gasteiger partial charge on any atom is -0.496 e. The molecule has 3 rings (SSSR count). The number of carbonyl (C=O) groups excluding carboxylic acids is 1. The number of methoxy groups -OCH3 is 1. The third kappa shape index (κ3) is 3.26. The van der Waals surface area contributed by atoms with E-state index in [1.807, 2.05) is 12.1 Å². The highest BCUT2D eigenvalue weighted by atomic mass is 32.1. The summed E-state index contributed by atoms with van der Waals surface area (Å²) in [7, 11) is 1.54. The van der Waals surface area contributed by atoms with E-state index in [-0.39, 0.29) is 5.78 Å². The molecule has 0 aliphatic heterocycles. The van der Waals surface area contributed by atoms with Crippen LogP contribution < -0.4 is 10.1 Å². The zero-order valence-electron chi connectivity index (χ0n) is 12.8. The third-order valence-corrected chi connectivity index (χ3v) is 4.24. The molecule has 1 N–H and O–H groups in total. The monoisotopic (exact) mass is 335 g/mol. The number of nitrogens with zero attached hydrogens (tertiary/aromatic N) is 2. The van der Waals surface area contributed by atoms with Gasteiger partial charge in [-0.2, -0.15) is 5.26 Å². The Morgan fingerprint density at radius 2 is 2.08 bits per heavy atom. The zero-order chi connectivity index (χ0) is 16.9. The lowest BCUT2D eigenvalue weighted by molar-refractivity contribution is 0.103. The van der Waals surface area contributed by atoms with Crippen LogP contribution in [-0.2, 0) is 0 Å². The van der Waals surface area contributed by atoms with Gasteiger partial charge in [0.05, 0.1) is 35.4 Å². The van der Waals surface area contributed by atoms with Crippen LogP contribution in [-0.4, -0.2) is 17.9 Å². The van der Waals surface area contributed by atoms with Crippen molar-refractivity contribution in [2.24, 2.45) is 0 Å². The minimum absolute atomic E-state index is 0.135. The Hall–Kier alpha value is -3.17. The van der Waals surface area contributed by atoms with Gasteiger partial charge in [-0.15, -0.1) is 0 Å². The number of nitrogens with one attached hydrogen (secondary N) is 1. The molecule has 118 valence electrons. The summed E-state index contributed by atoms with van der Waals surface area (Å²) in [5.41, 5.74) is 1.81. The van der Waals surface area contributed by atoms with E-state index in [4.69, 9.17) is 10.00 Å². The van der Waals surface area contributed by atoms with Gasteiger partial charge in [0.2, 0.25) is 5.78 Å². The van der Waals surface area contributed by atoms with Crippen LogP contribution in [0, 0.1) is 11.3 Å². The van der Waals surface area contributed by atoms with E-state index in [1.165, 1.54) is 24.6 Å². The van der Waals surface area contributed by atoms with E-state index in [9.17, 15) is 4.79 Å². The predicted octanol–water partition coefficient (Wildman–Crippen LogP) is 4.00. The van der Waals surface area contributed by atoms with Crippen molar-refractivity contribution in [2.45, 2.75) is 0 Å². The number of nitriles is 1.